The van der Waals surface area contributed by atoms with Crippen molar-refractivity contribution in [1.82, 2.24) is 5.32 Å². The molecule has 4 heteroatoms. The van der Waals surface area contributed by atoms with Crippen molar-refractivity contribution in [1.29, 1.82) is 0 Å². The number of nitrogens with one attached hydrogen (secondary N) is 1. The summed E-state index contributed by atoms with van der Waals surface area (Å²) in [6, 6.07) is 3.41. The molecule has 0 radical (unpaired) electrons. The largest absolute Gasteiger partial charge is 0.356 e. The molecule has 0 unspecified atom stereocenters. The minimum Gasteiger partial charge on any atom is -0.356 e. The first-order chi connectivity index (χ1) is 7.65. The van der Waals surface area contributed by atoms with E-state index in [4.69, 9.17) is 0 Å². The van der Waals surface area contributed by atoms with E-state index in [1.54, 1.807) is 0 Å². The summed E-state index contributed by atoms with van der Waals surface area (Å²) in [5.74, 6) is -0.937. The number of amides is 1. The third-order valence-electron chi connectivity index (χ3n) is 2.58. The normalized spacial score (nSPS) is 14.9. The summed E-state index contributed by atoms with van der Waals surface area (Å²) in [7, 11) is 0. The van der Waals surface area contributed by atoms with Crippen molar-refractivity contribution in [3.05, 3.63) is 35.4 Å². The molecule has 16 heavy (non-hydrogen) atoms. The Kier molecular flexibility index (Phi) is 3.17. The van der Waals surface area contributed by atoms with Gasteiger partial charge in [-0.05, 0) is 37.0 Å². The van der Waals surface area contributed by atoms with E-state index in [2.05, 4.69) is 5.32 Å². The van der Waals surface area contributed by atoms with Crippen LogP contribution in [0.25, 0.3) is 0 Å². The first kappa shape index (κ1) is 11.0. The third kappa shape index (κ3) is 3.02. The monoisotopic (exact) mass is 225 g/mol. The molecule has 86 valence electrons. The van der Waals surface area contributed by atoms with Crippen molar-refractivity contribution in [3.8, 4) is 0 Å². The third-order valence-corrected chi connectivity index (χ3v) is 2.58. The van der Waals surface area contributed by atoms with E-state index < -0.39 is 11.6 Å². The summed E-state index contributed by atoms with van der Waals surface area (Å²) in [5, 5.41) is 2.75. The van der Waals surface area contributed by atoms with Gasteiger partial charge in [0.05, 0.1) is 0 Å². The van der Waals surface area contributed by atoms with Crippen LogP contribution in [0.1, 0.15) is 18.4 Å². The van der Waals surface area contributed by atoms with E-state index in [9.17, 15) is 13.6 Å². The number of halogens is 2. The number of rotatable bonds is 4. The molecule has 1 saturated carbocycles. The summed E-state index contributed by atoms with van der Waals surface area (Å²) in [4.78, 5) is 11.3. The molecule has 1 aliphatic rings. The molecular formula is C12H13F2NO. The average molecular weight is 225 g/mol. The summed E-state index contributed by atoms with van der Waals surface area (Å²) in [6.07, 6.45) is 2.37. The Bertz CT molecular complexity index is 382. The van der Waals surface area contributed by atoms with Crippen LogP contribution in [0.4, 0.5) is 8.78 Å². The lowest BCUT2D eigenvalue weighted by Gasteiger charge is -2.04. The standard InChI is InChI=1S/C12H13F2NO/c13-10-5-8(6-11(14)7-10)3-4-15-12(16)9-1-2-9/h5-7,9H,1-4H2,(H,15,16). The number of carbonyl (C=O) groups is 1. The first-order valence-corrected chi connectivity index (χ1v) is 5.38. The van der Waals surface area contributed by atoms with Gasteiger partial charge in [-0.15, -0.1) is 0 Å². The van der Waals surface area contributed by atoms with Crippen molar-refractivity contribution in [2.45, 2.75) is 19.3 Å². The van der Waals surface area contributed by atoms with Gasteiger partial charge in [-0.3, -0.25) is 4.79 Å². The van der Waals surface area contributed by atoms with Crippen molar-refractivity contribution >= 4 is 5.91 Å². The van der Waals surface area contributed by atoms with Crippen LogP contribution in [0.5, 0.6) is 0 Å². The maximum Gasteiger partial charge on any atom is 0.223 e. The van der Waals surface area contributed by atoms with E-state index in [0.717, 1.165) is 18.9 Å². The quantitative estimate of drug-likeness (QED) is 0.834. The van der Waals surface area contributed by atoms with Crippen molar-refractivity contribution < 1.29 is 13.6 Å². The van der Waals surface area contributed by atoms with Gasteiger partial charge in [0.1, 0.15) is 11.6 Å². The maximum absolute atomic E-state index is 12.8. The minimum atomic E-state index is -0.580. The number of hydrogen-bond donors (Lipinski definition) is 1. The lowest BCUT2D eigenvalue weighted by Crippen LogP contribution is -2.26. The highest BCUT2D eigenvalue weighted by atomic mass is 19.1. The molecular weight excluding hydrogens is 212 g/mol. The molecule has 1 aromatic rings. The van der Waals surface area contributed by atoms with Gasteiger partial charge in [0.15, 0.2) is 0 Å². The Morgan fingerprint density at radius 2 is 1.88 bits per heavy atom. The molecule has 1 amide bonds. The molecule has 2 rings (SSSR count). The fraction of sp³-hybridized carbons (Fsp3) is 0.417. The smallest absolute Gasteiger partial charge is 0.223 e. The number of carbonyl (C=O) groups excluding carboxylic acids is 1. The lowest BCUT2D eigenvalue weighted by atomic mass is 10.1. The maximum atomic E-state index is 12.8. The Morgan fingerprint density at radius 3 is 2.44 bits per heavy atom. The van der Waals surface area contributed by atoms with Gasteiger partial charge in [0.25, 0.3) is 0 Å². The molecule has 0 heterocycles. The molecule has 0 atom stereocenters. The van der Waals surface area contributed by atoms with E-state index >= 15 is 0 Å². The van der Waals surface area contributed by atoms with Crippen molar-refractivity contribution in [3.63, 3.8) is 0 Å². The first-order valence-electron chi connectivity index (χ1n) is 5.38. The summed E-state index contributed by atoms with van der Waals surface area (Å²) in [6.45, 7) is 0.429. The Balaban J connectivity index is 1.82. The highest BCUT2D eigenvalue weighted by molar-refractivity contribution is 5.80. The molecule has 2 nitrogen and oxygen atoms in total. The van der Waals surface area contributed by atoms with Gasteiger partial charge in [0.2, 0.25) is 5.91 Å². The lowest BCUT2D eigenvalue weighted by molar-refractivity contribution is -0.122. The van der Waals surface area contributed by atoms with E-state index in [1.807, 2.05) is 0 Å². The molecule has 1 N–H and O–H groups in total. The van der Waals surface area contributed by atoms with Crippen LogP contribution in [0, 0.1) is 17.6 Å². The number of hydrogen-bond acceptors (Lipinski definition) is 1. The van der Waals surface area contributed by atoms with Crippen LogP contribution >= 0.6 is 0 Å². The average Bonchev–Trinajstić information content (AvgIpc) is 2.98. The summed E-state index contributed by atoms with van der Waals surface area (Å²) in [5.41, 5.74) is 0.564. The van der Waals surface area contributed by atoms with Crippen molar-refractivity contribution in [2.24, 2.45) is 5.92 Å². The van der Waals surface area contributed by atoms with E-state index in [1.165, 1.54) is 12.1 Å². The zero-order valence-corrected chi connectivity index (χ0v) is 8.80. The van der Waals surface area contributed by atoms with Gasteiger partial charge < -0.3 is 5.32 Å². The van der Waals surface area contributed by atoms with Crippen molar-refractivity contribution in [2.75, 3.05) is 6.54 Å². The Labute approximate surface area is 92.7 Å². The highest BCUT2D eigenvalue weighted by Gasteiger charge is 2.28. The zero-order valence-electron chi connectivity index (χ0n) is 8.80. The number of benzene rings is 1. The molecule has 1 aliphatic carbocycles. The molecule has 0 aliphatic heterocycles. The molecule has 0 saturated heterocycles. The molecule has 1 fully saturated rings. The van der Waals surface area contributed by atoms with E-state index in [-0.39, 0.29) is 11.8 Å². The predicted octanol–water partition coefficient (Wildman–Crippen LogP) is 2.03. The van der Waals surface area contributed by atoms with Crippen LogP contribution in [0.15, 0.2) is 18.2 Å². The summed E-state index contributed by atoms with van der Waals surface area (Å²) >= 11 is 0. The Morgan fingerprint density at radius 1 is 1.25 bits per heavy atom. The van der Waals surface area contributed by atoms with Gasteiger partial charge >= 0.3 is 0 Å². The second-order valence-electron chi connectivity index (χ2n) is 4.09. The Hall–Kier alpha value is -1.45. The van der Waals surface area contributed by atoms with Crippen LogP contribution in [-0.4, -0.2) is 12.5 Å². The van der Waals surface area contributed by atoms with Gasteiger partial charge in [-0.2, -0.15) is 0 Å². The highest BCUT2D eigenvalue weighted by Crippen LogP contribution is 2.28. The van der Waals surface area contributed by atoms with Crippen LogP contribution in [0.2, 0.25) is 0 Å². The van der Waals surface area contributed by atoms with E-state index in [0.29, 0.717) is 18.5 Å². The van der Waals surface area contributed by atoms with Gasteiger partial charge in [-0.1, -0.05) is 0 Å². The zero-order chi connectivity index (χ0) is 11.5. The molecule has 0 bridgehead atoms. The van der Waals surface area contributed by atoms with Crippen LogP contribution in [-0.2, 0) is 11.2 Å². The van der Waals surface area contributed by atoms with Crippen LogP contribution < -0.4 is 5.32 Å². The summed E-state index contributed by atoms with van der Waals surface area (Å²) < 4.78 is 25.6. The van der Waals surface area contributed by atoms with Gasteiger partial charge in [-0.25, -0.2) is 8.78 Å². The molecule has 0 spiro atoms. The van der Waals surface area contributed by atoms with Gasteiger partial charge in [0, 0.05) is 18.5 Å². The second-order valence-corrected chi connectivity index (χ2v) is 4.09. The fourth-order valence-corrected chi connectivity index (χ4v) is 1.58. The minimum absolute atomic E-state index is 0.0527. The molecule has 0 aromatic heterocycles. The second kappa shape index (κ2) is 4.60. The molecule has 1 aromatic carbocycles. The SMILES string of the molecule is O=C(NCCc1cc(F)cc(F)c1)C1CC1. The fourth-order valence-electron chi connectivity index (χ4n) is 1.58. The topological polar surface area (TPSA) is 29.1 Å². The van der Waals surface area contributed by atoms with Crippen LogP contribution in [0.3, 0.4) is 0 Å². The predicted molar refractivity (Wildman–Crippen MR) is 55.8 cm³/mol.